The van der Waals surface area contributed by atoms with Crippen molar-refractivity contribution < 1.29 is 9.53 Å². The molecule has 0 bridgehead atoms. The molecule has 0 atom stereocenters. The molecule has 1 amide bonds. The lowest BCUT2D eigenvalue weighted by atomic mass is 10.2. The summed E-state index contributed by atoms with van der Waals surface area (Å²) < 4.78 is 5.55. The van der Waals surface area contributed by atoms with E-state index in [1.165, 1.54) is 0 Å². The van der Waals surface area contributed by atoms with Crippen LogP contribution in [0.2, 0.25) is 10.0 Å². The number of aryl methyl sites for hydroxylation is 1. The Labute approximate surface area is 133 Å². The van der Waals surface area contributed by atoms with Gasteiger partial charge in [0.1, 0.15) is 12.4 Å². The molecule has 0 aliphatic heterocycles. The molecule has 0 aliphatic carbocycles. The largest absolute Gasteiger partial charge is 0.490 e. The van der Waals surface area contributed by atoms with E-state index >= 15 is 0 Å². The van der Waals surface area contributed by atoms with Gasteiger partial charge in [0.05, 0.1) is 22.2 Å². The zero-order chi connectivity index (χ0) is 15.2. The number of carbonyl (C=O) groups is 1. The summed E-state index contributed by atoms with van der Waals surface area (Å²) in [5.41, 5.74) is 1.52. The van der Waals surface area contributed by atoms with Crippen LogP contribution >= 0.6 is 23.2 Å². The highest BCUT2D eigenvalue weighted by Crippen LogP contribution is 2.24. The smallest absolute Gasteiger partial charge is 0.252 e. The summed E-state index contributed by atoms with van der Waals surface area (Å²) in [7, 11) is 0. The molecule has 1 N–H and O–H groups in total. The third-order valence-corrected chi connectivity index (χ3v) is 3.49. The van der Waals surface area contributed by atoms with Gasteiger partial charge in [0.15, 0.2) is 0 Å². The summed E-state index contributed by atoms with van der Waals surface area (Å²) >= 11 is 12.0. The van der Waals surface area contributed by atoms with E-state index in [0.717, 1.165) is 5.56 Å². The van der Waals surface area contributed by atoms with Gasteiger partial charge in [-0.3, -0.25) is 4.79 Å². The maximum absolute atomic E-state index is 11.9. The molecule has 0 aliphatic rings. The number of benzene rings is 2. The molecule has 3 nitrogen and oxygen atoms in total. The van der Waals surface area contributed by atoms with Gasteiger partial charge in [-0.15, -0.1) is 0 Å². The average molecular weight is 324 g/mol. The Hall–Kier alpha value is -1.71. The van der Waals surface area contributed by atoms with Crippen LogP contribution in [0.5, 0.6) is 5.75 Å². The van der Waals surface area contributed by atoms with Crippen LogP contribution in [0.15, 0.2) is 42.5 Å². The molecule has 0 radical (unpaired) electrons. The highest BCUT2D eigenvalue weighted by Gasteiger charge is 2.08. The van der Waals surface area contributed by atoms with Crippen molar-refractivity contribution in [1.29, 1.82) is 0 Å². The van der Waals surface area contributed by atoms with Crippen LogP contribution in [0, 0.1) is 6.92 Å². The molecule has 0 aromatic heterocycles. The summed E-state index contributed by atoms with van der Waals surface area (Å²) in [6.07, 6.45) is 0. The van der Waals surface area contributed by atoms with E-state index in [0.29, 0.717) is 34.5 Å². The van der Waals surface area contributed by atoms with Crippen molar-refractivity contribution in [3.63, 3.8) is 0 Å². The molecule has 0 fully saturated rings. The van der Waals surface area contributed by atoms with E-state index in [1.54, 1.807) is 30.3 Å². The van der Waals surface area contributed by atoms with Crippen LogP contribution in [0.25, 0.3) is 0 Å². The Morgan fingerprint density at radius 1 is 1.14 bits per heavy atom. The minimum atomic E-state index is -0.223. The van der Waals surface area contributed by atoms with Gasteiger partial charge < -0.3 is 10.1 Å². The van der Waals surface area contributed by atoms with Gasteiger partial charge in [0.2, 0.25) is 0 Å². The third kappa shape index (κ3) is 4.38. The average Bonchev–Trinajstić information content (AvgIpc) is 2.47. The standard InChI is InChI=1S/C16H15Cl2NO2/c1-11-6-7-14(18)15(10-11)21-9-8-19-16(20)12-4-2-3-5-13(12)17/h2-7,10H,8-9H2,1H3,(H,19,20). The first kappa shape index (κ1) is 15.7. The van der Waals surface area contributed by atoms with Crippen molar-refractivity contribution in [3.8, 4) is 5.75 Å². The van der Waals surface area contributed by atoms with Gasteiger partial charge in [0.25, 0.3) is 5.91 Å². The Bertz CT molecular complexity index is 644. The molecule has 0 spiro atoms. The molecule has 110 valence electrons. The molecular formula is C16H15Cl2NO2. The molecule has 2 aromatic rings. The third-order valence-electron chi connectivity index (χ3n) is 2.85. The number of rotatable bonds is 5. The molecule has 5 heteroatoms. The summed E-state index contributed by atoms with van der Waals surface area (Å²) in [6.45, 7) is 2.66. The van der Waals surface area contributed by atoms with Crippen molar-refractivity contribution in [1.82, 2.24) is 5.32 Å². The van der Waals surface area contributed by atoms with E-state index in [9.17, 15) is 4.79 Å². The number of nitrogens with one attached hydrogen (secondary N) is 1. The molecule has 0 unspecified atom stereocenters. The lowest BCUT2D eigenvalue weighted by molar-refractivity contribution is 0.0947. The maximum atomic E-state index is 11.9. The second-order valence-corrected chi connectivity index (χ2v) is 5.33. The van der Waals surface area contributed by atoms with Gasteiger partial charge in [0, 0.05) is 0 Å². The first-order valence-corrected chi connectivity index (χ1v) is 7.25. The molecule has 0 saturated carbocycles. The highest BCUT2D eigenvalue weighted by atomic mass is 35.5. The topological polar surface area (TPSA) is 38.3 Å². The second kappa shape index (κ2) is 7.34. The number of amides is 1. The monoisotopic (exact) mass is 323 g/mol. The van der Waals surface area contributed by atoms with E-state index in [1.807, 2.05) is 19.1 Å². The van der Waals surface area contributed by atoms with Gasteiger partial charge in [-0.25, -0.2) is 0 Å². The minimum Gasteiger partial charge on any atom is -0.490 e. The molecular weight excluding hydrogens is 309 g/mol. The number of hydrogen-bond acceptors (Lipinski definition) is 2. The van der Waals surface area contributed by atoms with E-state index < -0.39 is 0 Å². The maximum Gasteiger partial charge on any atom is 0.252 e. The van der Waals surface area contributed by atoms with Crippen molar-refractivity contribution in [2.24, 2.45) is 0 Å². The minimum absolute atomic E-state index is 0.223. The molecule has 21 heavy (non-hydrogen) atoms. The first-order valence-electron chi connectivity index (χ1n) is 6.49. The molecule has 0 heterocycles. The lowest BCUT2D eigenvalue weighted by Crippen LogP contribution is -2.28. The number of hydrogen-bond donors (Lipinski definition) is 1. The van der Waals surface area contributed by atoms with Crippen LogP contribution in [0.3, 0.4) is 0 Å². The lowest BCUT2D eigenvalue weighted by Gasteiger charge is -2.10. The Morgan fingerprint density at radius 3 is 2.67 bits per heavy atom. The van der Waals surface area contributed by atoms with Crippen LogP contribution in [0.4, 0.5) is 0 Å². The normalized spacial score (nSPS) is 10.2. The van der Waals surface area contributed by atoms with Gasteiger partial charge in [-0.2, -0.15) is 0 Å². The fraction of sp³-hybridized carbons (Fsp3) is 0.188. The quantitative estimate of drug-likeness (QED) is 0.841. The molecule has 0 saturated heterocycles. The predicted molar refractivity (Wildman–Crippen MR) is 85.5 cm³/mol. The zero-order valence-corrected chi connectivity index (χ0v) is 13.0. The Kier molecular flexibility index (Phi) is 5.48. The second-order valence-electron chi connectivity index (χ2n) is 4.52. The molecule has 2 rings (SSSR count). The summed E-state index contributed by atoms with van der Waals surface area (Å²) in [5.74, 6) is 0.392. The first-order chi connectivity index (χ1) is 10.1. The molecule has 2 aromatic carbocycles. The van der Waals surface area contributed by atoms with Crippen LogP contribution in [-0.2, 0) is 0 Å². The zero-order valence-electron chi connectivity index (χ0n) is 11.5. The summed E-state index contributed by atoms with van der Waals surface area (Å²) in [6, 6.07) is 12.5. The van der Waals surface area contributed by atoms with Crippen molar-refractivity contribution >= 4 is 29.1 Å². The summed E-state index contributed by atoms with van der Waals surface area (Å²) in [4.78, 5) is 11.9. The van der Waals surface area contributed by atoms with Crippen molar-refractivity contribution in [2.75, 3.05) is 13.2 Å². The Morgan fingerprint density at radius 2 is 1.90 bits per heavy atom. The SMILES string of the molecule is Cc1ccc(Cl)c(OCCNC(=O)c2ccccc2Cl)c1. The van der Waals surface area contributed by atoms with Crippen LogP contribution in [-0.4, -0.2) is 19.1 Å². The van der Waals surface area contributed by atoms with Crippen LogP contribution < -0.4 is 10.1 Å². The predicted octanol–water partition coefficient (Wildman–Crippen LogP) is 4.11. The van der Waals surface area contributed by atoms with Gasteiger partial charge in [-0.05, 0) is 36.8 Å². The van der Waals surface area contributed by atoms with Crippen molar-refractivity contribution in [3.05, 3.63) is 63.6 Å². The fourth-order valence-electron chi connectivity index (χ4n) is 1.79. The number of carbonyl (C=O) groups excluding carboxylic acids is 1. The van der Waals surface area contributed by atoms with Crippen LogP contribution in [0.1, 0.15) is 15.9 Å². The van der Waals surface area contributed by atoms with Gasteiger partial charge >= 0.3 is 0 Å². The van der Waals surface area contributed by atoms with E-state index in [2.05, 4.69) is 5.32 Å². The van der Waals surface area contributed by atoms with E-state index in [-0.39, 0.29) is 5.91 Å². The highest BCUT2D eigenvalue weighted by molar-refractivity contribution is 6.33. The van der Waals surface area contributed by atoms with Gasteiger partial charge in [-0.1, -0.05) is 41.4 Å². The Balaban J connectivity index is 1.84. The fourth-order valence-corrected chi connectivity index (χ4v) is 2.18. The number of ether oxygens (including phenoxy) is 1. The summed E-state index contributed by atoms with van der Waals surface area (Å²) in [5, 5.41) is 3.73. The van der Waals surface area contributed by atoms with Crippen molar-refractivity contribution in [2.45, 2.75) is 6.92 Å². The van der Waals surface area contributed by atoms with E-state index in [4.69, 9.17) is 27.9 Å². The number of halogens is 2.